The Balaban J connectivity index is 2.32. The third kappa shape index (κ3) is 3.32. The van der Waals surface area contributed by atoms with E-state index in [4.69, 9.17) is 10.5 Å². The smallest absolute Gasteiger partial charge is 0.132 e. The van der Waals surface area contributed by atoms with Crippen LogP contribution in [0.4, 0.5) is 4.39 Å². The molecule has 0 aliphatic rings. The van der Waals surface area contributed by atoms with Crippen LogP contribution in [0.25, 0.3) is 0 Å². The molecule has 0 unspecified atom stereocenters. The van der Waals surface area contributed by atoms with E-state index >= 15 is 0 Å². The van der Waals surface area contributed by atoms with Gasteiger partial charge in [-0.3, -0.25) is 0 Å². The number of nitrogens with two attached hydrogens (primary N) is 1. The minimum atomic E-state index is -0.304. The molecule has 0 bridgehead atoms. The van der Waals surface area contributed by atoms with Gasteiger partial charge in [-0.1, -0.05) is 19.1 Å². The first kappa shape index (κ1) is 13.6. The minimum absolute atomic E-state index is 0.278. The van der Waals surface area contributed by atoms with Crippen molar-refractivity contribution in [3.8, 4) is 11.5 Å². The van der Waals surface area contributed by atoms with Crippen molar-refractivity contribution >= 4 is 0 Å². The third-order valence-electron chi connectivity index (χ3n) is 3.00. The minimum Gasteiger partial charge on any atom is -0.457 e. The lowest BCUT2D eigenvalue weighted by atomic mass is 10.1. The number of hydrogen-bond donors (Lipinski definition) is 1. The molecule has 0 aliphatic carbocycles. The van der Waals surface area contributed by atoms with E-state index in [-0.39, 0.29) is 11.9 Å². The zero-order chi connectivity index (χ0) is 13.8. The summed E-state index contributed by atoms with van der Waals surface area (Å²) in [6, 6.07) is 12.0. The summed E-state index contributed by atoms with van der Waals surface area (Å²) < 4.78 is 19.1. The van der Waals surface area contributed by atoms with Crippen molar-refractivity contribution < 1.29 is 9.13 Å². The van der Waals surface area contributed by atoms with E-state index in [0.717, 1.165) is 12.2 Å². The Morgan fingerprint density at radius 3 is 2.68 bits per heavy atom. The van der Waals surface area contributed by atoms with Crippen molar-refractivity contribution in [2.45, 2.75) is 26.3 Å². The first-order chi connectivity index (χ1) is 9.10. The van der Waals surface area contributed by atoms with Gasteiger partial charge in [0.2, 0.25) is 0 Å². The summed E-state index contributed by atoms with van der Waals surface area (Å²) in [4.78, 5) is 0. The van der Waals surface area contributed by atoms with E-state index in [2.05, 4.69) is 6.92 Å². The van der Waals surface area contributed by atoms with Gasteiger partial charge in [0.1, 0.15) is 17.3 Å². The number of aryl methyl sites for hydroxylation is 1. The second-order valence-corrected chi connectivity index (χ2v) is 4.57. The average Bonchev–Trinajstić information content (AvgIpc) is 2.41. The van der Waals surface area contributed by atoms with Crippen LogP contribution in [0.2, 0.25) is 0 Å². The van der Waals surface area contributed by atoms with Crippen molar-refractivity contribution in [2.75, 3.05) is 0 Å². The predicted octanol–water partition coefficient (Wildman–Crippen LogP) is 4.20. The fraction of sp³-hybridized carbons (Fsp3) is 0.250. The standard InChI is InChI=1S/C16H18FNO/c1-3-12-5-4-6-14(9-12)19-16-8-7-13(17)10-15(16)11(2)18/h4-11H,3,18H2,1-2H3/t11-/m1/s1. The average molecular weight is 259 g/mol. The fourth-order valence-electron chi connectivity index (χ4n) is 1.92. The highest BCUT2D eigenvalue weighted by atomic mass is 19.1. The Bertz CT molecular complexity index is 566. The van der Waals surface area contributed by atoms with Gasteiger partial charge in [0.15, 0.2) is 0 Å². The van der Waals surface area contributed by atoms with Crippen LogP contribution >= 0.6 is 0 Å². The molecule has 2 aromatic carbocycles. The highest BCUT2D eigenvalue weighted by Gasteiger charge is 2.10. The van der Waals surface area contributed by atoms with E-state index in [1.54, 1.807) is 6.07 Å². The van der Waals surface area contributed by atoms with Crippen LogP contribution in [0.3, 0.4) is 0 Å². The van der Waals surface area contributed by atoms with Gasteiger partial charge >= 0.3 is 0 Å². The maximum atomic E-state index is 13.3. The van der Waals surface area contributed by atoms with E-state index < -0.39 is 0 Å². The summed E-state index contributed by atoms with van der Waals surface area (Å²) >= 11 is 0. The summed E-state index contributed by atoms with van der Waals surface area (Å²) in [5.41, 5.74) is 7.71. The molecule has 1 atom stereocenters. The highest BCUT2D eigenvalue weighted by Crippen LogP contribution is 2.29. The topological polar surface area (TPSA) is 35.2 Å². The van der Waals surface area contributed by atoms with Crippen molar-refractivity contribution in [1.82, 2.24) is 0 Å². The summed E-state index contributed by atoms with van der Waals surface area (Å²) in [5, 5.41) is 0. The van der Waals surface area contributed by atoms with Crippen LogP contribution in [0.1, 0.15) is 31.0 Å². The largest absolute Gasteiger partial charge is 0.457 e. The molecule has 0 fully saturated rings. The SMILES string of the molecule is CCc1cccc(Oc2ccc(F)cc2[C@@H](C)N)c1. The molecule has 0 amide bonds. The van der Waals surface area contributed by atoms with Crippen LogP contribution in [0.5, 0.6) is 11.5 Å². The van der Waals surface area contributed by atoms with E-state index in [1.807, 2.05) is 31.2 Å². The van der Waals surface area contributed by atoms with Gasteiger partial charge < -0.3 is 10.5 Å². The van der Waals surface area contributed by atoms with Gasteiger partial charge in [0, 0.05) is 11.6 Å². The van der Waals surface area contributed by atoms with Gasteiger partial charge in [-0.15, -0.1) is 0 Å². The molecule has 2 nitrogen and oxygen atoms in total. The molecule has 0 heterocycles. The van der Waals surface area contributed by atoms with E-state index in [0.29, 0.717) is 11.3 Å². The van der Waals surface area contributed by atoms with Gasteiger partial charge in [-0.05, 0) is 49.2 Å². The molecule has 0 aromatic heterocycles. The Kier molecular flexibility index (Phi) is 4.17. The van der Waals surface area contributed by atoms with Gasteiger partial charge in [0.05, 0.1) is 0 Å². The maximum Gasteiger partial charge on any atom is 0.132 e. The second-order valence-electron chi connectivity index (χ2n) is 4.57. The summed E-state index contributed by atoms with van der Waals surface area (Å²) in [7, 11) is 0. The Labute approximate surface area is 113 Å². The molecule has 2 rings (SSSR count). The lowest BCUT2D eigenvalue weighted by Gasteiger charge is -2.14. The Morgan fingerprint density at radius 2 is 2.00 bits per heavy atom. The molecule has 2 N–H and O–H groups in total. The molecule has 19 heavy (non-hydrogen) atoms. The second kappa shape index (κ2) is 5.85. The van der Waals surface area contributed by atoms with Crippen LogP contribution in [0.15, 0.2) is 42.5 Å². The fourth-order valence-corrected chi connectivity index (χ4v) is 1.92. The van der Waals surface area contributed by atoms with Crippen LogP contribution < -0.4 is 10.5 Å². The zero-order valence-electron chi connectivity index (χ0n) is 11.2. The molecule has 0 radical (unpaired) electrons. The van der Waals surface area contributed by atoms with Crippen LogP contribution in [-0.2, 0) is 6.42 Å². The number of rotatable bonds is 4. The van der Waals surface area contributed by atoms with Gasteiger partial charge in [-0.2, -0.15) is 0 Å². The van der Waals surface area contributed by atoms with Crippen LogP contribution in [0, 0.1) is 5.82 Å². The number of halogens is 1. The van der Waals surface area contributed by atoms with Crippen LogP contribution in [-0.4, -0.2) is 0 Å². The molecular weight excluding hydrogens is 241 g/mol. The zero-order valence-corrected chi connectivity index (χ0v) is 11.2. The van der Waals surface area contributed by atoms with Crippen molar-refractivity contribution in [3.63, 3.8) is 0 Å². The molecule has 0 saturated carbocycles. The lowest BCUT2D eigenvalue weighted by Crippen LogP contribution is -2.07. The molecule has 0 saturated heterocycles. The Hall–Kier alpha value is -1.87. The highest BCUT2D eigenvalue weighted by molar-refractivity contribution is 5.40. The molecule has 0 aliphatic heterocycles. The van der Waals surface area contributed by atoms with E-state index in [9.17, 15) is 4.39 Å². The summed E-state index contributed by atoms with van der Waals surface area (Å²) in [6.45, 7) is 3.90. The molecule has 100 valence electrons. The molecule has 0 spiro atoms. The first-order valence-electron chi connectivity index (χ1n) is 6.42. The summed E-state index contributed by atoms with van der Waals surface area (Å²) in [5.74, 6) is 1.04. The normalized spacial score (nSPS) is 12.2. The van der Waals surface area contributed by atoms with Gasteiger partial charge in [0.25, 0.3) is 0 Å². The van der Waals surface area contributed by atoms with Gasteiger partial charge in [-0.25, -0.2) is 4.39 Å². The first-order valence-corrected chi connectivity index (χ1v) is 6.42. The molecular formula is C16H18FNO. The predicted molar refractivity (Wildman–Crippen MR) is 74.9 cm³/mol. The van der Waals surface area contributed by atoms with E-state index in [1.165, 1.54) is 17.7 Å². The van der Waals surface area contributed by atoms with Crippen molar-refractivity contribution in [2.24, 2.45) is 5.73 Å². The number of ether oxygens (including phenoxy) is 1. The van der Waals surface area contributed by atoms with Crippen molar-refractivity contribution in [3.05, 3.63) is 59.4 Å². The monoisotopic (exact) mass is 259 g/mol. The maximum absolute atomic E-state index is 13.3. The Morgan fingerprint density at radius 1 is 1.21 bits per heavy atom. The molecule has 2 aromatic rings. The number of benzene rings is 2. The van der Waals surface area contributed by atoms with Crippen molar-refractivity contribution in [1.29, 1.82) is 0 Å². The number of hydrogen-bond acceptors (Lipinski definition) is 2. The molecule has 3 heteroatoms. The lowest BCUT2D eigenvalue weighted by molar-refractivity contribution is 0.468. The quantitative estimate of drug-likeness (QED) is 0.893. The third-order valence-corrected chi connectivity index (χ3v) is 3.00. The summed E-state index contributed by atoms with van der Waals surface area (Å²) in [6.07, 6.45) is 0.945.